The first kappa shape index (κ1) is 16.1. The van der Waals surface area contributed by atoms with Crippen molar-refractivity contribution in [1.82, 2.24) is 29.2 Å². The number of likely N-dealkylation sites (tertiary alicyclic amines) is 1. The van der Waals surface area contributed by atoms with Gasteiger partial charge in [0.2, 0.25) is 5.91 Å². The number of carbonyl (C=O) groups is 1. The van der Waals surface area contributed by atoms with E-state index in [9.17, 15) is 4.79 Å². The minimum absolute atomic E-state index is 0.170. The summed E-state index contributed by atoms with van der Waals surface area (Å²) in [6.45, 7) is 3.77. The summed E-state index contributed by atoms with van der Waals surface area (Å²) in [6.07, 6.45) is 8.88. The largest absolute Gasteiger partial charge is 0.365 e. The molecule has 2 N–H and O–H groups in total. The van der Waals surface area contributed by atoms with Crippen molar-refractivity contribution in [3.05, 3.63) is 54.5 Å². The van der Waals surface area contributed by atoms with Crippen LogP contribution in [-0.4, -0.2) is 48.2 Å². The molecule has 1 amide bonds. The Bertz CT molecular complexity index is 1090. The van der Waals surface area contributed by atoms with Crippen LogP contribution >= 0.6 is 0 Å². The molecule has 5 heterocycles. The number of nitrogens with zero attached hydrogens (tertiary/aromatic N) is 4. The molecular formula is C20H22N6O. The number of H-pyrrole nitrogens is 2. The smallest absolute Gasteiger partial charge is 0.228 e. The van der Waals surface area contributed by atoms with E-state index < -0.39 is 0 Å². The predicted molar refractivity (Wildman–Crippen MR) is 102 cm³/mol. The van der Waals surface area contributed by atoms with Gasteiger partial charge in [0.25, 0.3) is 0 Å². The molecule has 138 valence electrons. The van der Waals surface area contributed by atoms with Crippen molar-refractivity contribution in [3.63, 3.8) is 0 Å². The zero-order chi connectivity index (χ0) is 18.4. The highest BCUT2D eigenvalue weighted by molar-refractivity contribution is 5.79. The summed E-state index contributed by atoms with van der Waals surface area (Å²) in [5.41, 5.74) is 3.83. The standard InChI is InChI=1S/C20H22N6O/c1-13-5-8-25(18(27)9-14-3-2-6-21-14)12-16(13)20-24-11-15-10-23-19-17(26(15)20)4-7-22-19/h2-4,6-7,10-11,13,16,21-22H,5,8-9,12H2,1H3. The Morgan fingerprint density at radius 1 is 1.22 bits per heavy atom. The second kappa shape index (κ2) is 6.26. The van der Waals surface area contributed by atoms with Crippen molar-refractivity contribution < 1.29 is 4.79 Å². The quantitative estimate of drug-likeness (QED) is 0.588. The van der Waals surface area contributed by atoms with Crippen LogP contribution < -0.4 is 0 Å². The van der Waals surface area contributed by atoms with Gasteiger partial charge in [0, 0.05) is 37.1 Å². The van der Waals surface area contributed by atoms with E-state index in [4.69, 9.17) is 4.98 Å². The van der Waals surface area contributed by atoms with Gasteiger partial charge in [-0.15, -0.1) is 0 Å². The number of hydrogen-bond donors (Lipinski definition) is 2. The van der Waals surface area contributed by atoms with Crippen LogP contribution in [-0.2, 0) is 11.2 Å². The number of amides is 1. The first-order valence-corrected chi connectivity index (χ1v) is 9.40. The number of nitrogens with one attached hydrogen (secondary N) is 2. The Labute approximate surface area is 156 Å². The molecule has 27 heavy (non-hydrogen) atoms. The summed E-state index contributed by atoms with van der Waals surface area (Å²) in [6, 6.07) is 5.92. The average molecular weight is 362 g/mol. The van der Waals surface area contributed by atoms with Crippen molar-refractivity contribution in [3.8, 4) is 0 Å². The number of aromatic nitrogens is 5. The van der Waals surface area contributed by atoms with Crippen molar-refractivity contribution in [2.75, 3.05) is 13.1 Å². The Morgan fingerprint density at radius 3 is 2.96 bits per heavy atom. The molecule has 1 aliphatic rings. The van der Waals surface area contributed by atoms with Crippen molar-refractivity contribution in [2.24, 2.45) is 5.92 Å². The average Bonchev–Trinajstić information content (AvgIpc) is 3.41. The number of fused-ring (bicyclic) bond motifs is 3. The van der Waals surface area contributed by atoms with E-state index in [1.165, 1.54) is 0 Å². The summed E-state index contributed by atoms with van der Waals surface area (Å²) >= 11 is 0. The maximum Gasteiger partial charge on any atom is 0.228 e. The molecule has 4 aromatic rings. The van der Waals surface area contributed by atoms with Crippen molar-refractivity contribution in [1.29, 1.82) is 0 Å². The molecule has 7 heteroatoms. The third-order valence-corrected chi connectivity index (χ3v) is 5.73. The third-order valence-electron chi connectivity index (χ3n) is 5.73. The second-order valence-corrected chi connectivity index (χ2v) is 7.43. The Morgan fingerprint density at radius 2 is 2.11 bits per heavy atom. The Balaban J connectivity index is 1.47. The number of aromatic amines is 2. The van der Waals surface area contributed by atoms with Gasteiger partial charge < -0.3 is 14.9 Å². The molecule has 1 saturated heterocycles. The van der Waals surface area contributed by atoms with Gasteiger partial charge in [-0.05, 0) is 30.5 Å². The summed E-state index contributed by atoms with van der Waals surface area (Å²) in [7, 11) is 0. The van der Waals surface area contributed by atoms with E-state index in [2.05, 4.69) is 26.3 Å². The highest BCUT2D eigenvalue weighted by Gasteiger charge is 2.32. The molecule has 0 aliphatic carbocycles. The molecule has 0 spiro atoms. The van der Waals surface area contributed by atoms with Crippen LogP contribution in [0.2, 0.25) is 0 Å². The summed E-state index contributed by atoms with van der Waals surface area (Å²) < 4.78 is 2.18. The van der Waals surface area contributed by atoms with Crippen molar-refractivity contribution >= 4 is 22.6 Å². The van der Waals surface area contributed by atoms with Crippen molar-refractivity contribution in [2.45, 2.75) is 25.7 Å². The molecule has 4 aromatic heterocycles. The summed E-state index contributed by atoms with van der Waals surface area (Å²) in [5.74, 6) is 1.85. The summed E-state index contributed by atoms with van der Waals surface area (Å²) in [5, 5.41) is 0. The normalized spacial score (nSPS) is 20.6. The number of hydrogen-bond acceptors (Lipinski definition) is 3. The SMILES string of the molecule is CC1CCN(C(=O)Cc2ccc[nH]2)CC1c1ncc2cnc3[nH]ccc3n12. The third kappa shape index (κ3) is 2.70. The molecule has 0 bridgehead atoms. The molecule has 7 nitrogen and oxygen atoms in total. The molecular weight excluding hydrogens is 340 g/mol. The van der Waals surface area contributed by atoms with Gasteiger partial charge in [-0.25, -0.2) is 9.97 Å². The lowest BCUT2D eigenvalue weighted by molar-refractivity contribution is -0.132. The Hall–Kier alpha value is -3.09. The fourth-order valence-electron chi connectivity index (χ4n) is 4.15. The second-order valence-electron chi connectivity index (χ2n) is 7.43. The highest BCUT2D eigenvalue weighted by atomic mass is 16.2. The fourth-order valence-corrected chi connectivity index (χ4v) is 4.15. The lowest BCUT2D eigenvalue weighted by Gasteiger charge is -2.36. The topological polar surface area (TPSA) is 82.1 Å². The lowest BCUT2D eigenvalue weighted by atomic mass is 9.86. The van der Waals surface area contributed by atoms with Gasteiger partial charge >= 0.3 is 0 Å². The first-order chi connectivity index (χ1) is 13.2. The van der Waals surface area contributed by atoms with Crippen LogP contribution in [0, 0.1) is 5.92 Å². The van der Waals surface area contributed by atoms with Crippen LogP contribution in [0.5, 0.6) is 0 Å². The lowest BCUT2D eigenvalue weighted by Crippen LogP contribution is -2.43. The molecule has 1 fully saturated rings. The van der Waals surface area contributed by atoms with Crippen LogP contribution in [0.1, 0.15) is 30.8 Å². The number of piperidine rings is 1. The maximum atomic E-state index is 12.8. The fraction of sp³-hybridized carbons (Fsp3) is 0.350. The van der Waals surface area contributed by atoms with Crippen LogP contribution in [0.4, 0.5) is 0 Å². The molecule has 0 aromatic carbocycles. The van der Waals surface area contributed by atoms with E-state index in [0.717, 1.165) is 41.2 Å². The van der Waals surface area contributed by atoms with Gasteiger partial charge in [0.15, 0.2) is 5.65 Å². The molecule has 2 atom stereocenters. The summed E-state index contributed by atoms with van der Waals surface area (Å²) in [4.78, 5) is 30.2. The van der Waals surface area contributed by atoms with E-state index in [1.807, 2.05) is 47.9 Å². The predicted octanol–water partition coefficient (Wildman–Crippen LogP) is 2.73. The number of imidazole rings is 1. The maximum absolute atomic E-state index is 12.8. The zero-order valence-corrected chi connectivity index (χ0v) is 15.2. The van der Waals surface area contributed by atoms with Crippen LogP contribution in [0.15, 0.2) is 43.0 Å². The number of rotatable bonds is 3. The van der Waals surface area contributed by atoms with Crippen LogP contribution in [0.3, 0.4) is 0 Å². The van der Waals surface area contributed by atoms with E-state index in [0.29, 0.717) is 18.9 Å². The van der Waals surface area contributed by atoms with Gasteiger partial charge in [-0.2, -0.15) is 0 Å². The van der Waals surface area contributed by atoms with Crippen LogP contribution in [0.25, 0.3) is 16.7 Å². The van der Waals surface area contributed by atoms with E-state index in [1.54, 1.807) is 0 Å². The van der Waals surface area contributed by atoms with Gasteiger partial charge in [-0.1, -0.05) is 6.92 Å². The van der Waals surface area contributed by atoms with E-state index in [-0.39, 0.29) is 11.8 Å². The van der Waals surface area contributed by atoms with Gasteiger partial charge in [0.1, 0.15) is 5.82 Å². The van der Waals surface area contributed by atoms with Gasteiger partial charge in [0.05, 0.1) is 29.8 Å². The van der Waals surface area contributed by atoms with Gasteiger partial charge in [-0.3, -0.25) is 9.20 Å². The minimum atomic E-state index is 0.170. The Kier molecular flexibility index (Phi) is 3.74. The molecule has 1 aliphatic heterocycles. The monoisotopic (exact) mass is 362 g/mol. The number of carbonyl (C=O) groups excluding carboxylic acids is 1. The molecule has 0 saturated carbocycles. The highest BCUT2D eigenvalue weighted by Crippen LogP contribution is 2.33. The van der Waals surface area contributed by atoms with E-state index >= 15 is 0 Å². The zero-order valence-electron chi connectivity index (χ0n) is 15.2. The first-order valence-electron chi connectivity index (χ1n) is 9.40. The molecule has 2 unspecified atom stereocenters. The molecule has 5 rings (SSSR count). The molecule has 0 radical (unpaired) electrons. The minimum Gasteiger partial charge on any atom is -0.365 e.